The van der Waals surface area contributed by atoms with Crippen LogP contribution in [0.25, 0.3) is 0 Å². The number of carbonyl (C=O) groups excluding carboxylic acids is 3. The second-order valence-electron chi connectivity index (χ2n) is 6.11. The van der Waals surface area contributed by atoms with Crippen molar-refractivity contribution in [1.29, 1.82) is 0 Å². The first-order valence-corrected chi connectivity index (χ1v) is 8.59. The van der Waals surface area contributed by atoms with E-state index in [1.165, 1.54) is 24.3 Å². The number of rotatable bonds is 5. The van der Waals surface area contributed by atoms with Crippen molar-refractivity contribution in [1.82, 2.24) is 10.9 Å². The highest BCUT2D eigenvalue weighted by Crippen LogP contribution is 2.30. The van der Waals surface area contributed by atoms with E-state index < -0.39 is 28.7 Å². The molecule has 144 valence electrons. The maximum absolute atomic E-state index is 12.6. The smallest absolute Gasteiger partial charge is 0.269 e. The number of nitro benzene ring substituents is 1. The van der Waals surface area contributed by atoms with Crippen molar-refractivity contribution in [3.63, 3.8) is 0 Å². The lowest BCUT2D eigenvalue weighted by molar-refractivity contribution is -0.384. The highest BCUT2D eigenvalue weighted by molar-refractivity contribution is 6.32. The molecule has 3 rings (SSSR count). The number of nitro groups is 1. The molecule has 2 N–H and O–H groups in total. The first kappa shape index (κ1) is 19.5. The molecule has 28 heavy (non-hydrogen) atoms. The second-order valence-corrected chi connectivity index (χ2v) is 6.52. The molecule has 0 spiro atoms. The number of amides is 3. The predicted octanol–water partition coefficient (Wildman–Crippen LogP) is 2.12. The number of anilines is 1. The normalized spacial score (nSPS) is 16.4. The Labute approximate surface area is 164 Å². The average Bonchev–Trinajstić information content (AvgIpc) is 2.95. The second kappa shape index (κ2) is 7.75. The van der Waals surface area contributed by atoms with Gasteiger partial charge in [-0.15, -0.1) is 0 Å². The van der Waals surface area contributed by atoms with Crippen LogP contribution in [0, 0.1) is 17.0 Å². The molecular weight excluding hydrogens is 388 g/mol. The van der Waals surface area contributed by atoms with E-state index in [4.69, 9.17) is 11.6 Å². The standard InChI is InChI=1S/C18H15ClN4O5/c1-10-13(19)3-2-4-15(10)22-16(24)9-14(18(22)26)20-21-17(25)11-5-7-12(8-6-11)23(27)28/h2-8,14,20H,9H2,1H3,(H,21,25)/t14-/m0/s1. The Kier molecular flexibility index (Phi) is 5.39. The number of hydrogen-bond acceptors (Lipinski definition) is 6. The van der Waals surface area contributed by atoms with Crippen molar-refractivity contribution in [3.05, 3.63) is 68.7 Å². The minimum Gasteiger partial charge on any atom is -0.287 e. The Morgan fingerprint density at radius 3 is 2.54 bits per heavy atom. The van der Waals surface area contributed by atoms with Gasteiger partial charge in [-0.25, -0.2) is 10.3 Å². The molecule has 0 unspecified atom stereocenters. The zero-order chi connectivity index (χ0) is 20.4. The summed E-state index contributed by atoms with van der Waals surface area (Å²) < 4.78 is 0. The highest BCUT2D eigenvalue weighted by Gasteiger charge is 2.40. The largest absolute Gasteiger partial charge is 0.287 e. The van der Waals surface area contributed by atoms with Crippen LogP contribution >= 0.6 is 11.6 Å². The van der Waals surface area contributed by atoms with Crippen molar-refractivity contribution < 1.29 is 19.3 Å². The van der Waals surface area contributed by atoms with Crippen LogP contribution in [-0.2, 0) is 9.59 Å². The van der Waals surface area contributed by atoms with Gasteiger partial charge in [0.25, 0.3) is 17.5 Å². The summed E-state index contributed by atoms with van der Waals surface area (Å²) in [5.41, 5.74) is 5.92. The number of halogens is 1. The summed E-state index contributed by atoms with van der Waals surface area (Å²) in [5.74, 6) is -1.52. The van der Waals surface area contributed by atoms with Gasteiger partial charge in [0, 0.05) is 22.7 Å². The van der Waals surface area contributed by atoms with Gasteiger partial charge in [-0.05, 0) is 36.8 Å². The Bertz CT molecular complexity index is 976. The molecular formula is C18H15ClN4O5. The van der Waals surface area contributed by atoms with Crippen LogP contribution in [0.15, 0.2) is 42.5 Å². The summed E-state index contributed by atoms with van der Waals surface area (Å²) in [6, 6.07) is 8.96. The predicted molar refractivity (Wildman–Crippen MR) is 101 cm³/mol. The molecule has 3 amide bonds. The Balaban J connectivity index is 1.68. The first-order valence-electron chi connectivity index (χ1n) is 8.22. The van der Waals surface area contributed by atoms with Crippen LogP contribution in [0.1, 0.15) is 22.3 Å². The summed E-state index contributed by atoms with van der Waals surface area (Å²) in [6.45, 7) is 1.70. The van der Waals surface area contributed by atoms with Crippen LogP contribution in [0.4, 0.5) is 11.4 Å². The van der Waals surface area contributed by atoms with E-state index in [0.717, 1.165) is 4.90 Å². The number of carbonyl (C=O) groups is 3. The van der Waals surface area contributed by atoms with Gasteiger partial charge in [0.2, 0.25) is 5.91 Å². The van der Waals surface area contributed by atoms with E-state index in [-0.39, 0.29) is 17.7 Å². The number of hydrazine groups is 1. The molecule has 1 atom stereocenters. The maximum atomic E-state index is 12.6. The number of nitrogens with one attached hydrogen (secondary N) is 2. The van der Waals surface area contributed by atoms with Crippen molar-refractivity contribution in [2.24, 2.45) is 0 Å². The van der Waals surface area contributed by atoms with Crippen molar-refractivity contribution in [2.75, 3.05) is 4.90 Å². The highest BCUT2D eigenvalue weighted by atomic mass is 35.5. The quantitative estimate of drug-likeness (QED) is 0.449. The van der Waals surface area contributed by atoms with Crippen LogP contribution in [0.5, 0.6) is 0 Å². The lowest BCUT2D eigenvalue weighted by Gasteiger charge is -2.18. The van der Waals surface area contributed by atoms with E-state index >= 15 is 0 Å². The molecule has 1 heterocycles. The number of hydrogen-bond donors (Lipinski definition) is 2. The topological polar surface area (TPSA) is 122 Å². The Morgan fingerprint density at radius 2 is 1.89 bits per heavy atom. The molecule has 1 fully saturated rings. The summed E-state index contributed by atoms with van der Waals surface area (Å²) in [4.78, 5) is 48.2. The molecule has 0 saturated carbocycles. The minimum atomic E-state index is -0.937. The summed E-state index contributed by atoms with van der Waals surface area (Å²) in [7, 11) is 0. The number of imide groups is 1. The lowest BCUT2D eigenvalue weighted by atomic mass is 10.2. The molecule has 10 heteroatoms. The third-order valence-corrected chi connectivity index (χ3v) is 4.74. The molecule has 2 aromatic carbocycles. The van der Waals surface area contributed by atoms with Crippen LogP contribution in [-0.4, -0.2) is 28.7 Å². The van der Waals surface area contributed by atoms with E-state index in [2.05, 4.69) is 10.9 Å². The molecule has 0 aromatic heterocycles. The zero-order valence-electron chi connectivity index (χ0n) is 14.6. The van der Waals surface area contributed by atoms with Gasteiger partial charge in [0.15, 0.2) is 0 Å². The van der Waals surface area contributed by atoms with Crippen molar-refractivity contribution in [2.45, 2.75) is 19.4 Å². The molecule has 1 saturated heterocycles. The Morgan fingerprint density at radius 1 is 1.21 bits per heavy atom. The fourth-order valence-electron chi connectivity index (χ4n) is 2.80. The van der Waals surface area contributed by atoms with Gasteiger partial charge in [-0.2, -0.15) is 0 Å². The fourth-order valence-corrected chi connectivity index (χ4v) is 2.97. The molecule has 1 aliphatic heterocycles. The molecule has 9 nitrogen and oxygen atoms in total. The SMILES string of the molecule is Cc1c(Cl)cccc1N1C(=O)C[C@H](NNC(=O)c2ccc([N+](=O)[O-])cc2)C1=O. The van der Waals surface area contributed by atoms with Crippen molar-refractivity contribution >= 4 is 40.7 Å². The summed E-state index contributed by atoms with van der Waals surface area (Å²) in [5, 5.41) is 11.1. The van der Waals surface area contributed by atoms with E-state index in [0.29, 0.717) is 16.3 Å². The molecule has 0 bridgehead atoms. The van der Waals surface area contributed by atoms with E-state index in [1.54, 1.807) is 25.1 Å². The van der Waals surface area contributed by atoms with Gasteiger partial charge in [0.1, 0.15) is 6.04 Å². The summed E-state index contributed by atoms with van der Waals surface area (Å²) >= 11 is 6.06. The first-order chi connectivity index (χ1) is 13.3. The van der Waals surface area contributed by atoms with E-state index in [1.807, 2.05) is 0 Å². The molecule has 0 radical (unpaired) electrons. The van der Waals surface area contributed by atoms with E-state index in [9.17, 15) is 24.5 Å². The maximum Gasteiger partial charge on any atom is 0.269 e. The minimum absolute atomic E-state index is 0.134. The van der Waals surface area contributed by atoms with Gasteiger partial charge in [-0.3, -0.25) is 29.9 Å². The number of benzene rings is 2. The Hall–Kier alpha value is -3.30. The average molecular weight is 403 g/mol. The van der Waals surface area contributed by atoms with Crippen LogP contribution in [0.3, 0.4) is 0 Å². The number of non-ortho nitro benzene ring substituents is 1. The van der Waals surface area contributed by atoms with Gasteiger partial charge in [-0.1, -0.05) is 17.7 Å². The third kappa shape index (κ3) is 3.71. The monoisotopic (exact) mass is 402 g/mol. The third-order valence-electron chi connectivity index (χ3n) is 4.33. The lowest BCUT2D eigenvalue weighted by Crippen LogP contribution is -2.48. The fraction of sp³-hybridized carbons (Fsp3) is 0.167. The van der Waals surface area contributed by atoms with Crippen LogP contribution in [0.2, 0.25) is 5.02 Å². The summed E-state index contributed by atoms with van der Waals surface area (Å²) in [6.07, 6.45) is -0.134. The zero-order valence-corrected chi connectivity index (χ0v) is 15.4. The van der Waals surface area contributed by atoms with Gasteiger partial charge >= 0.3 is 0 Å². The molecule has 2 aromatic rings. The number of nitrogens with zero attached hydrogens (tertiary/aromatic N) is 2. The molecule has 0 aliphatic carbocycles. The van der Waals surface area contributed by atoms with Crippen LogP contribution < -0.4 is 15.8 Å². The molecule has 1 aliphatic rings. The van der Waals surface area contributed by atoms with Crippen molar-refractivity contribution in [3.8, 4) is 0 Å². The van der Waals surface area contributed by atoms with Gasteiger partial charge in [0.05, 0.1) is 17.0 Å². The van der Waals surface area contributed by atoms with Gasteiger partial charge < -0.3 is 0 Å².